The van der Waals surface area contributed by atoms with Crippen molar-refractivity contribution in [3.63, 3.8) is 0 Å². The summed E-state index contributed by atoms with van der Waals surface area (Å²) in [7, 11) is 1.63. The van der Waals surface area contributed by atoms with Gasteiger partial charge in [-0.05, 0) is 42.7 Å². The molecule has 0 atom stereocenters. The molecule has 1 heterocycles. The van der Waals surface area contributed by atoms with Crippen LogP contribution in [0.15, 0.2) is 48.5 Å². The average molecular weight is 366 g/mol. The highest BCUT2D eigenvalue weighted by Gasteiger charge is 2.34. The van der Waals surface area contributed by atoms with Crippen LogP contribution in [0.25, 0.3) is 0 Å². The van der Waals surface area contributed by atoms with E-state index in [1.807, 2.05) is 24.3 Å². The fourth-order valence-electron chi connectivity index (χ4n) is 3.06. The summed E-state index contributed by atoms with van der Waals surface area (Å²) in [5.74, 6) is -0.00712. The molecular formula is C21H22N2O4. The molecule has 0 radical (unpaired) electrons. The summed E-state index contributed by atoms with van der Waals surface area (Å²) in [6.45, 7) is 0.643. The lowest BCUT2D eigenvalue weighted by Crippen LogP contribution is -2.34. The maximum atomic E-state index is 12.2. The highest BCUT2D eigenvalue weighted by Crippen LogP contribution is 2.22. The van der Waals surface area contributed by atoms with Crippen molar-refractivity contribution >= 4 is 17.7 Å². The van der Waals surface area contributed by atoms with E-state index in [0.29, 0.717) is 17.7 Å². The second-order valence-electron chi connectivity index (χ2n) is 6.36. The lowest BCUT2D eigenvalue weighted by Gasteiger charge is -2.13. The summed E-state index contributed by atoms with van der Waals surface area (Å²) in [6, 6.07) is 14.5. The molecule has 0 bridgehead atoms. The summed E-state index contributed by atoms with van der Waals surface area (Å²) in [4.78, 5) is 37.6. The average Bonchev–Trinajstić information content (AvgIpc) is 2.94. The Balaban J connectivity index is 1.39. The summed E-state index contributed by atoms with van der Waals surface area (Å²) in [5, 5.41) is 2.84. The molecule has 0 saturated heterocycles. The van der Waals surface area contributed by atoms with Gasteiger partial charge in [-0.1, -0.05) is 24.3 Å². The number of nitrogens with zero attached hydrogens (tertiary/aromatic N) is 1. The molecule has 1 N–H and O–H groups in total. The van der Waals surface area contributed by atoms with Crippen LogP contribution in [-0.4, -0.2) is 42.8 Å². The van der Waals surface area contributed by atoms with Gasteiger partial charge in [-0.2, -0.15) is 0 Å². The number of aryl methyl sites for hydroxylation is 1. The van der Waals surface area contributed by atoms with E-state index in [4.69, 9.17) is 4.74 Å². The van der Waals surface area contributed by atoms with Gasteiger partial charge in [0.15, 0.2) is 0 Å². The lowest BCUT2D eigenvalue weighted by atomic mass is 10.1. The van der Waals surface area contributed by atoms with Crippen LogP contribution >= 0.6 is 0 Å². The third-order valence-electron chi connectivity index (χ3n) is 4.56. The van der Waals surface area contributed by atoms with Gasteiger partial charge in [-0.25, -0.2) is 0 Å². The molecule has 0 unspecified atom stereocenters. The number of carbonyl (C=O) groups is 3. The van der Waals surface area contributed by atoms with E-state index in [-0.39, 0.29) is 30.7 Å². The predicted octanol–water partition coefficient (Wildman–Crippen LogP) is 2.43. The number of hydrogen-bond donors (Lipinski definition) is 1. The molecule has 3 amide bonds. The van der Waals surface area contributed by atoms with Crippen molar-refractivity contribution in [1.82, 2.24) is 10.2 Å². The number of benzene rings is 2. The topological polar surface area (TPSA) is 75.7 Å². The second kappa shape index (κ2) is 8.49. The maximum absolute atomic E-state index is 12.2. The number of methoxy groups -OCH3 is 1. The van der Waals surface area contributed by atoms with Crippen molar-refractivity contribution in [2.75, 3.05) is 20.2 Å². The Morgan fingerprint density at radius 1 is 1.00 bits per heavy atom. The molecule has 0 aliphatic carbocycles. The van der Waals surface area contributed by atoms with Gasteiger partial charge in [-0.15, -0.1) is 0 Å². The lowest BCUT2D eigenvalue weighted by molar-refractivity contribution is -0.121. The maximum Gasteiger partial charge on any atom is 0.261 e. The zero-order valence-corrected chi connectivity index (χ0v) is 15.2. The number of fused-ring (bicyclic) bond motifs is 1. The molecule has 1 aliphatic heterocycles. The van der Waals surface area contributed by atoms with Crippen LogP contribution < -0.4 is 10.1 Å². The SMILES string of the molecule is COc1ccc(CCCNC(=O)CCN2C(=O)c3ccccc3C2=O)cc1. The molecule has 0 saturated carbocycles. The number of hydrogen-bond acceptors (Lipinski definition) is 4. The van der Waals surface area contributed by atoms with Gasteiger partial charge in [0.2, 0.25) is 5.91 Å². The van der Waals surface area contributed by atoms with Gasteiger partial charge in [0, 0.05) is 19.5 Å². The molecule has 0 fully saturated rings. The summed E-state index contributed by atoms with van der Waals surface area (Å²) < 4.78 is 5.12. The van der Waals surface area contributed by atoms with Gasteiger partial charge in [0.05, 0.1) is 18.2 Å². The number of nitrogens with one attached hydrogen (secondary N) is 1. The molecule has 3 rings (SSSR count). The minimum absolute atomic E-state index is 0.0939. The number of ether oxygens (including phenoxy) is 1. The first-order valence-electron chi connectivity index (χ1n) is 8.95. The van der Waals surface area contributed by atoms with Gasteiger partial charge in [0.1, 0.15) is 5.75 Å². The Morgan fingerprint density at radius 2 is 1.63 bits per heavy atom. The Morgan fingerprint density at radius 3 is 2.22 bits per heavy atom. The van der Waals surface area contributed by atoms with Crippen LogP contribution in [0.3, 0.4) is 0 Å². The van der Waals surface area contributed by atoms with E-state index < -0.39 is 0 Å². The molecule has 0 spiro atoms. The zero-order valence-electron chi connectivity index (χ0n) is 15.2. The van der Waals surface area contributed by atoms with Crippen molar-refractivity contribution < 1.29 is 19.1 Å². The summed E-state index contributed by atoms with van der Waals surface area (Å²) in [5.41, 5.74) is 1.99. The van der Waals surface area contributed by atoms with Crippen LogP contribution in [0.1, 0.15) is 39.1 Å². The monoisotopic (exact) mass is 366 g/mol. The smallest absolute Gasteiger partial charge is 0.261 e. The summed E-state index contributed by atoms with van der Waals surface area (Å²) >= 11 is 0. The van der Waals surface area contributed by atoms with Crippen LogP contribution in [0, 0.1) is 0 Å². The number of carbonyl (C=O) groups excluding carboxylic acids is 3. The summed E-state index contributed by atoms with van der Waals surface area (Å²) in [6.07, 6.45) is 1.77. The van der Waals surface area contributed by atoms with E-state index in [1.165, 1.54) is 5.56 Å². The molecule has 140 valence electrons. The molecule has 1 aliphatic rings. The van der Waals surface area contributed by atoms with E-state index in [2.05, 4.69) is 5.32 Å². The molecule has 27 heavy (non-hydrogen) atoms. The molecule has 6 heteroatoms. The third-order valence-corrected chi connectivity index (χ3v) is 4.56. The van der Waals surface area contributed by atoms with Gasteiger partial charge >= 0.3 is 0 Å². The van der Waals surface area contributed by atoms with Crippen LogP contribution in [-0.2, 0) is 11.2 Å². The predicted molar refractivity (Wildman–Crippen MR) is 101 cm³/mol. The first-order chi connectivity index (χ1) is 13.1. The standard InChI is InChI=1S/C21H22N2O4/c1-27-16-10-8-15(9-11-16)5-4-13-22-19(24)12-14-23-20(25)17-6-2-3-7-18(17)21(23)26/h2-3,6-11H,4-5,12-14H2,1H3,(H,22,24). The first kappa shape index (κ1) is 18.6. The van der Waals surface area contributed by atoms with E-state index in [9.17, 15) is 14.4 Å². The van der Waals surface area contributed by atoms with Crippen LogP contribution in [0.4, 0.5) is 0 Å². The third kappa shape index (κ3) is 4.34. The van der Waals surface area contributed by atoms with Crippen molar-refractivity contribution in [2.45, 2.75) is 19.3 Å². The van der Waals surface area contributed by atoms with Gasteiger partial charge in [-0.3, -0.25) is 19.3 Å². The highest BCUT2D eigenvalue weighted by molar-refractivity contribution is 6.21. The van der Waals surface area contributed by atoms with E-state index >= 15 is 0 Å². The minimum Gasteiger partial charge on any atom is -0.497 e. The Hall–Kier alpha value is -3.15. The van der Waals surface area contributed by atoms with Crippen molar-refractivity contribution in [3.8, 4) is 5.75 Å². The van der Waals surface area contributed by atoms with E-state index in [1.54, 1.807) is 31.4 Å². The number of amides is 3. The fourth-order valence-corrected chi connectivity index (χ4v) is 3.06. The Labute approximate surface area is 158 Å². The highest BCUT2D eigenvalue weighted by atomic mass is 16.5. The number of imide groups is 1. The van der Waals surface area contributed by atoms with Crippen molar-refractivity contribution in [2.24, 2.45) is 0 Å². The first-order valence-corrected chi connectivity index (χ1v) is 8.95. The van der Waals surface area contributed by atoms with Crippen LogP contribution in [0.5, 0.6) is 5.75 Å². The van der Waals surface area contributed by atoms with Gasteiger partial charge < -0.3 is 10.1 Å². The number of rotatable bonds is 8. The largest absolute Gasteiger partial charge is 0.497 e. The van der Waals surface area contributed by atoms with Crippen molar-refractivity contribution in [3.05, 3.63) is 65.2 Å². The Bertz CT molecular complexity index is 811. The van der Waals surface area contributed by atoms with Crippen LogP contribution in [0.2, 0.25) is 0 Å². The molecule has 2 aromatic carbocycles. The normalized spacial score (nSPS) is 12.9. The molecule has 0 aromatic heterocycles. The molecular weight excluding hydrogens is 344 g/mol. The van der Waals surface area contributed by atoms with Crippen molar-refractivity contribution in [1.29, 1.82) is 0 Å². The fraction of sp³-hybridized carbons (Fsp3) is 0.286. The quantitative estimate of drug-likeness (QED) is 0.575. The minimum atomic E-state index is -0.331. The second-order valence-corrected chi connectivity index (χ2v) is 6.36. The molecule has 6 nitrogen and oxygen atoms in total. The van der Waals surface area contributed by atoms with Gasteiger partial charge in [0.25, 0.3) is 11.8 Å². The Kier molecular flexibility index (Phi) is 5.86. The zero-order chi connectivity index (χ0) is 19.2. The molecule has 2 aromatic rings. The van der Waals surface area contributed by atoms with E-state index in [0.717, 1.165) is 23.5 Å².